The molecule has 0 bridgehead atoms. The number of nitro groups is 1. The van der Waals surface area contributed by atoms with Crippen LogP contribution in [-0.2, 0) is 17.6 Å². The topological polar surface area (TPSA) is 92.1 Å². The summed E-state index contributed by atoms with van der Waals surface area (Å²) in [6, 6.07) is 18.3. The third kappa shape index (κ3) is 4.82. The van der Waals surface area contributed by atoms with Crippen LogP contribution in [0.25, 0.3) is 11.3 Å². The number of carbonyl (C=O) groups excluding carboxylic acids is 1. The number of amides is 1. The summed E-state index contributed by atoms with van der Waals surface area (Å²) in [5.74, 6) is -0.135. The Hall–Kier alpha value is -3.48. The van der Waals surface area contributed by atoms with E-state index >= 15 is 0 Å². The largest absolute Gasteiger partial charge is 0.345 e. The third-order valence-corrected chi connectivity index (χ3v) is 4.60. The molecule has 144 valence electrons. The number of hydrogen-bond acceptors (Lipinski definition) is 4. The number of hydrogen-bond donors (Lipinski definition) is 1. The number of nitrogens with zero attached hydrogens (tertiary/aromatic N) is 3. The highest BCUT2D eigenvalue weighted by Crippen LogP contribution is 2.19. The minimum absolute atomic E-state index is 0.0184. The molecule has 7 nitrogen and oxygen atoms in total. The summed E-state index contributed by atoms with van der Waals surface area (Å²) in [6.07, 6.45) is 1.56. The average Bonchev–Trinajstić information content (AvgIpc) is 3.17. The Morgan fingerprint density at radius 2 is 1.86 bits per heavy atom. The molecule has 0 aliphatic heterocycles. The lowest BCUT2D eigenvalue weighted by atomic mass is 10.1. The number of H-pyrrole nitrogens is 1. The first-order valence-electron chi connectivity index (χ1n) is 9.10. The third-order valence-electron chi connectivity index (χ3n) is 4.60. The highest BCUT2D eigenvalue weighted by atomic mass is 16.6. The lowest BCUT2D eigenvalue weighted by Gasteiger charge is -2.17. The molecule has 7 heteroatoms. The van der Waals surface area contributed by atoms with Crippen molar-refractivity contribution < 1.29 is 9.72 Å². The fourth-order valence-corrected chi connectivity index (χ4v) is 3.01. The molecule has 0 aliphatic carbocycles. The summed E-state index contributed by atoms with van der Waals surface area (Å²) in [6.45, 7) is 0.569. The highest BCUT2D eigenvalue weighted by molar-refractivity contribution is 5.79. The zero-order chi connectivity index (χ0) is 19.9. The first-order chi connectivity index (χ1) is 13.5. The molecule has 0 radical (unpaired) electrons. The Labute approximate surface area is 163 Å². The Balaban J connectivity index is 1.51. The van der Waals surface area contributed by atoms with Crippen molar-refractivity contribution in [1.29, 1.82) is 0 Å². The van der Waals surface area contributed by atoms with Crippen LogP contribution in [0.5, 0.6) is 0 Å². The highest BCUT2D eigenvalue weighted by Gasteiger charge is 2.17. The van der Waals surface area contributed by atoms with Gasteiger partial charge in [0.05, 0.1) is 17.0 Å². The minimum atomic E-state index is -0.453. The first kappa shape index (κ1) is 19.3. The van der Waals surface area contributed by atoms with Crippen LogP contribution in [0.15, 0.2) is 60.7 Å². The maximum Gasteiger partial charge on any atom is 0.273 e. The molecule has 1 N–H and O–H groups in total. The van der Waals surface area contributed by atoms with E-state index in [9.17, 15) is 14.9 Å². The van der Waals surface area contributed by atoms with Gasteiger partial charge in [-0.2, -0.15) is 5.10 Å². The number of likely N-dealkylation sites (N-methyl/N-ethyl adjacent to an activating group) is 1. The van der Waals surface area contributed by atoms with Gasteiger partial charge >= 0.3 is 0 Å². The normalized spacial score (nSPS) is 10.6. The van der Waals surface area contributed by atoms with Crippen molar-refractivity contribution >= 4 is 11.6 Å². The van der Waals surface area contributed by atoms with Gasteiger partial charge in [-0.15, -0.1) is 0 Å². The number of aromatic nitrogens is 2. The number of carbonyl (C=O) groups is 1. The molecule has 1 amide bonds. The zero-order valence-corrected chi connectivity index (χ0v) is 15.7. The van der Waals surface area contributed by atoms with Gasteiger partial charge in [-0.25, -0.2) is 0 Å². The van der Waals surface area contributed by atoms with Gasteiger partial charge in [0, 0.05) is 36.5 Å². The predicted octanol–water partition coefficient (Wildman–Crippen LogP) is 3.62. The van der Waals surface area contributed by atoms with Crippen molar-refractivity contribution in [2.24, 2.45) is 0 Å². The minimum Gasteiger partial charge on any atom is -0.345 e. The number of nitro benzene ring substituents is 1. The maximum atomic E-state index is 12.4. The number of para-hydroxylation sites is 1. The molecule has 2 aromatic carbocycles. The Kier molecular flexibility index (Phi) is 6.16. The summed E-state index contributed by atoms with van der Waals surface area (Å²) in [5.41, 5.74) is 3.39. The number of benzene rings is 2. The van der Waals surface area contributed by atoms with Gasteiger partial charge in [0.25, 0.3) is 5.69 Å². The molecule has 0 spiro atoms. The van der Waals surface area contributed by atoms with Gasteiger partial charge < -0.3 is 4.90 Å². The fraction of sp³-hybridized carbons (Fsp3) is 0.238. The molecular formula is C21H22N4O3. The van der Waals surface area contributed by atoms with Crippen molar-refractivity contribution in [2.75, 3.05) is 13.6 Å². The van der Waals surface area contributed by atoms with Gasteiger partial charge in [-0.05, 0) is 18.9 Å². The monoisotopic (exact) mass is 378 g/mol. The van der Waals surface area contributed by atoms with E-state index in [0.29, 0.717) is 12.1 Å². The summed E-state index contributed by atoms with van der Waals surface area (Å²) in [4.78, 5) is 24.6. The van der Waals surface area contributed by atoms with Crippen molar-refractivity contribution in [1.82, 2.24) is 15.1 Å². The van der Waals surface area contributed by atoms with E-state index in [1.807, 2.05) is 36.4 Å². The van der Waals surface area contributed by atoms with E-state index in [4.69, 9.17) is 0 Å². The predicted molar refractivity (Wildman–Crippen MR) is 107 cm³/mol. The van der Waals surface area contributed by atoms with Gasteiger partial charge in [-0.3, -0.25) is 20.0 Å². The second kappa shape index (κ2) is 8.94. The molecule has 0 aliphatic rings. The van der Waals surface area contributed by atoms with Crippen LogP contribution in [-0.4, -0.2) is 39.5 Å². The van der Waals surface area contributed by atoms with Crippen LogP contribution in [0, 0.1) is 10.1 Å². The molecule has 0 unspecified atom stereocenters. The van der Waals surface area contributed by atoms with Crippen molar-refractivity contribution in [2.45, 2.75) is 19.3 Å². The zero-order valence-electron chi connectivity index (χ0n) is 15.7. The van der Waals surface area contributed by atoms with E-state index < -0.39 is 4.92 Å². The van der Waals surface area contributed by atoms with Gasteiger partial charge in [-0.1, -0.05) is 48.5 Å². The second-order valence-electron chi connectivity index (χ2n) is 6.63. The van der Waals surface area contributed by atoms with Gasteiger partial charge in [0.1, 0.15) is 0 Å². The summed E-state index contributed by atoms with van der Waals surface area (Å²) in [7, 11) is 1.72. The second-order valence-corrected chi connectivity index (χ2v) is 6.63. The fourth-order valence-electron chi connectivity index (χ4n) is 3.01. The van der Waals surface area contributed by atoms with Crippen LogP contribution in [0.4, 0.5) is 5.69 Å². The molecular weight excluding hydrogens is 356 g/mol. The molecule has 0 fully saturated rings. The standard InChI is InChI=1S/C21H22N4O3/c1-24(21(26)14-17-10-5-6-12-20(17)25(27)28)13-7-11-18-15-19(23-22-18)16-8-3-2-4-9-16/h2-6,8-10,12,15H,7,11,13-14H2,1H3,(H,22,23). The number of aromatic amines is 1. The van der Waals surface area contributed by atoms with E-state index in [1.54, 1.807) is 30.1 Å². The summed E-state index contributed by atoms with van der Waals surface area (Å²) in [5, 5.41) is 18.4. The van der Waals surface area contributed by atoms with Crippen LogP contribution < -0.4 is 0 Å². The molecule has 0 saturated carbocycles. The van der Waals surface area contributed by atoms with Gasteiger partial charge in [0.2, 0.25) is 5.91 Å². The van der Waals surface area contributed by atoms with E-state index in [0.717, 1.165) is 29.8 Å². The Bertz CT molecular complexity index is 953. The molecule has 28 heavy (non-hydrogen) atoms. The summed E-state index contributed by atoms with van der Waals surface area (Å²) >= 11 is 0. The first-order valence-corrected chi connectivity index (χ1v) is 9.10. The molecule has 3 aromatic rings. The molecule has 1 heterocycles. The molecule has 3 rings (SSSR count). The van der Waals surface area contributed by atoms with E-state index in [-0.39, 0.29) is 18.0 Å². The quantitative estimate of drug-likeness (QED) is 0.479. The van der Waals surface area contributed by atoms with E-state index in [1.165, 1.54) is 6.07 Å². The molecule has 1 aromatic heterocycles. The number of aryl methyl sites for hydroxylation is 1. The smallest absolute Gasteiger partial charge is 0.273 e. The summed E-state index contributed by atoms with van der Waals surface area (Å²) < 4.78 is 0. The Morgan fingerprint density at radius 1 is 1.14 bits per heavy atom. The SMILES string of the molecule is CN(CCCc1cc(-c2ccccc2)n[nH]1)C(=O)Cc1ccccc1[N+](=O)[O-]. The average molecular weight is 378 g/mol. The number of rotatable bonds is 8. The van der Waals surface area contributed by atoms with Crippen LogP contribution >= 0.6 is 0 Å². The van der Waals surface area contributed by atoms with Crippen LogP contribution in [0.3, 0.4) is 0 Å². The molecule has 0 saturated heterocycles. The lowest BCUT2D eigenvalue weighted by Crippen LogP contribution is -2.29. The van der Waals surface area contributed by atoms with Crippen molar-refractivity contribution in [3.8, 4) is 11.3 Å². The van der Waals surface area contributed by atoms with E-state index in [2.05, 4.69) is 10.2 Å². The van der Waals surface area contributed by atoms with Crippen LogP contribution in [0.2, 0.25) is 0 Å². The number of nitrogens with one attached hydrogen (secondary N) is 1. The van der Waals surface area contributed by atoms with Gasteiger partial charge in [0.15, 0.2) is 0 Å². The lowest BCUT2D eigenvalue weighted by molar-refractivity contribution is -0.385. The van der Waals surface area contributed by atoms with Crippen LogP contribution in [0.1, 0.15) is 17.7 Å². The Morgan fingerprint density at radius 3 is 2.61 bits per heavy atom. The maximum absolute atomic E-state index is 12.4. The van der Waals surface area contributed by atoms with Crippen molar-refractivity contribution in [3.05, 3.63) is 82.0 Å². The van der Waals surface area contributed by atoms with Crippen molar-refractivity contribution in [3.63, 3.8) is 0 Å². The molecule has 0 atom stereocenters.